The maximum absolute atomic E-state index is 11.9. The summed E-state index contributed by atoms with van der Waals surface area (Å²) in [5.74, 6) is 1.69. The third kappa shape index (κ3) is 6.33. The van der Waals surface area contributed by atoms with Gasteiger partial charge in [-0.05, 0) is 48.2 Å². The van der Waals surface area contributed by atoms with E-state index in [0.29, 0.717) is 23.9 Å². The highest BCUT2D eigenvalue weighted by atomic mass is 16.5. The van der Waals surface area contributed by atoms with E-state index in [2.05, 4.69) is 10.5 Å². The van der Waals surface area contributed by atoms with E-state index in [1.165, 1.54) is 0 Å². The van der Waals surface area contributed by atoms with Crippen molar-refractivity contribution in [1.82, 2.24) is 5.43 Å². The molecule has 0 fully saturated rings. The highest BCUT2D eigenvalue weighted by Gasteiger charge is 2.06. The standard InChI is InChI=1S/C21H26N2O4/c1-4-12-26-19-11-10-16(13-20(19)25-3)14-22-23-21(24)15-27-18-9-7-6-8-17(18)5-2/h6-11,13-14H,4-5,12,15H2,1-3H3,(H,23,24)/b22-14+. The lowest BCUT2D eigenvalue weighted by Crippen LogP contribution is -2.24. The maximum atomic E-state index is 11.9. The molecule has 1 N–H and O–H groups in total. The Labute approximate surface area is 160 Å². The number of aryl methyl sites for hydroxylation is 1. The van der Waals surface area contributed by atoms with Crippen LogP contribution in [0.5, 0.6) is 17.2 Å². The molecule has 0 atom stereocenters. The number of para-hydroxylation sites is 1. The van der Waals surface area contributed by atoms with E-state index < -0.39 is 0 Å². The van der Waals surface area contributed by atoms with Crippen LogP contribution in [0.1, 0.15) is 31.4 Å². The Morgan fingerprint density at radius 3 is 2.63 bits per heavy atom. The molecule has 0 radical (unpaired) electrons. The van der Waals surface area contributed by atoms with Crippen LogP contribution in [0.25, 0.3) is 0 Å². The summed E-state index contributed by atoms with van der Waals surface area (Å²) >= 11 is 0. The van der Waals surface area contributed by atoms with Gasteiger partial charge in [-0.3, -0.25) is 4.79 Å². The number of hydrogen-bond donors (Lipinski definition) is 1. The summed E-state index contributed by atoms with van der Waals surface area (Å²) < 4.78 is 16.5. The number of hydrogen-bond acceptors (Lipinski definition) is 5. The molecule has 2 aromatic carbocycles. The van der Waals surface area contributed by atoms with E-state index in [4.69, 9.17) is 14.2 Å². The highest BCUT2D eigenvalue weighted by molar-refractivity contribution is 5.83. The van der Waals surface area contributed by atoms with Crippen molar-refractivity contribution in [2.24, 2.45) is 5.10 Å². The van der Waals surface area contributed by atoms with Crippen LogP contribution < -0.4 is 19.6 Å². The molecular formula is C21H26N2O4. The molecule has 2 rings (SSSR count). The van der Waals surface area contributed by atoms with Gasteiger partial charge in [0.2, 0.25) is 0 Å². The molecule has 0 aromatic heterocycles. The molecule has 0 unspecified atom stereocenters. The van der Waals surface area contributed by atoms with Crippen molar-refractivity contribution in [1.29, 1.82) is 0 Å². The van der Waals surface area contributed by atoms with E-state index in [1.54, 1.807) is 19.4 Å². The Kier molecular flexibility index (Phi) is 8.16. The monoisotopic (exact) mass is 370 g/mol. The molecule has 6 heteroatoms. The van der Waals surface area contributed by atoms with Crippen molar-refractivity contribution >= 4 is 12.1 Å². The average Bonchev–Trinajstić information content (AvgIpc) is 2.71. The number of ether oxygens (including phenoxy) is 3. The molecular weight excluding hydrogens is 344 g/mol. The molecule has 2 aromatic rings. The van der Waals surface area contributed by atoms with Gasteiger partial charge < -0.3 is 14.2 Å². The predicted molar refractivity (Wildman–Crippen MR) is 106 cm³/mol. The van der Waals surface area contributed by atoms with E-state index in [0.717, 1.165) is 24.0 Å². The Balaban J connectivity index is 1.88. The SMILES string of the molecule is CCCOc1ccc(/C=N/NC(=O)COc2ccccc2CC)cc1OC. The molecule has 144 valence electrons. The first-order valence-electron chi connectivity index (χ1n) is 9.01. The van der Waals surface area contributed by atoms with Gasteiger partial charge in [0.25, 0.3) is 5.91 Å². The number of nitrogens with zero attached hydrogens (tertiary/aromatic N) is 1. The average molecular weight is 370 g/mol. The number of carbonyl (C=O) groups is 1. The second-order valence-corrected chi connectivity index (χ2v) is 5.80. The zero-order chi connectivity index (χ0) is 19.5. The molecule has 0 heterocycles. The van der Waals surface area contributed by atoms with E-state index in [-0.39, 0.29) is 12.5 Å². The fourth-order valence-electron chi connectivity index (χ4n) is 2.39. The maximum Gasteiger partial charge on any atom is 0.277 e. The van der Waals surface area contributed by atoms with Gasteiger partial charge in [0, 0.05) is 0 Å². The first-order valence-corrected chi connectivity index (χ1v) is 9.01. The van der Waals surface area contributed by atoms with Gasteiger partial charge in [-0.2, -0.15) is 5.10 Å². The van der Waals surface area contributed by atoms with Gasteiger partial charge >= 0.3 is 0 Å². The minimum Gasteiger partial charge on any atom is -0.493 e. The summed E-state index contributed by atoms with van der Waals surface area (Å²) in [7, 11) is 1.59. The molecule has 0 aliphatic carbocycles. The van der Waals surface area contributed by atoms with Gasteiger partial charge in [0.15, 0.2) is 18.1 Å². The number of carbonyl (C=O) groups excluding carboxylic acids is 1. The molecule has 1 amide bonds. The normalized spacial score (nSPS) is 10.6. The first kappa shape index (κ1) is 20.3. The largest absolute Gasteiger partial charge is 0.493 e. The number of rotatable bonds is 10. The quantitative estimate of drug-likeness (QED) is 0.513. The minimum absolute atomic E-state index is 0.0958. The molecule has 0 saturated carbocycles. The van der Waals surface area contributed by atoms with Crippen molar-refractivity contribution < 1.29 is 19.0 Å². The number of methoxy groups -OCH3 is 1. The summed E-state index contributed by atoms with van der Waals surface area (Å²) in [6.07, 6.45) is 3.31. The predicted octanol–water partition coefficient (Wildman–Crippen LogP) is 3.58. The number of amides is 1. The van der Waals surface area contributed by atoms with Crippen LogP contribution in [-0.4, -0.2) is 32.4 Å². The van der Waals surface area contributed by atoms with E-state index >= 15 is 0 Å². The number of nitrogens with one attached hydrogen (secondary N) is 1. The van der Waals surface area contributed by atoms with Gasteiger partial charge in [-0.1, -0.05) is 32.0 Å². The number of benzene rings is 2. The number of hydrazone groups is 1. The third-order valence-corrected chi connectivity index (χ3v) is 3.76. The van der Waals surface area contributed by atoms with E-state index in [1.807, 2.05) is 50.2 Å². The van der Waals surface area contributed by atoms with Crippen LogP contribution >= 0.6 is 0 Å². The Morgan fingerprint density at radius 1 is 1.07 bits per heavy atom. The second-order valence-electron chi connectivity index (χ2n) is 5.80. The van der Waals surface area contributed by atoms with Crippen molar-refractivity contribution in [2.75, 3.05) is 20.3 Å². The summed E-state index contributed by atoms with van der Waals surface area (Å²) in [6, 6.07) is 13.1. The zero-order valence-corrected chi connectivity index (χ0v) is 16.0. The molecule has 27 heavy (non-hydrogen) atoms. The molecule has 0 bridgehead atoms. The lowest BCUT2D eigenvalue weighted by Gasteiger charge is -2.10. The Morgan fingerprint density at radius 2 is 1.89 bits per heavy atom. The molecule has 0 spiro atoms. The van der Waals surface area contributed by atoms with Crippen molar-refractivity contribution in [3.63, 3.8) is 0 Å². The molecule has 0 aliphatic rings. The van der Waals surface area contributed by atoms with Crippen molar-refractivity contribution in [2.45, 2.75) is 26.7 Å². The van der Waals surface area contributed by atoms with Gasteiger partial charge in [0.05, 0.1) is 19.9 Å². The van der Waals surface area contributed by atoms with Crippen LogP contribution in [0.3, 0.4) is 0 Å². The fraction of sp³-hybridized carbons (Fsp3) is 0.333. The van der Waals surface area contributed by atoms with Crippen LogP contribution in [-0.2, 0) is 11.2 Å². The summed E-state index contributed by atoms with van der Waals surface area (Å²) in [6.45, 7) is 4.61. The van der Waals surface area contributed by atoms with Gasteiger partial charge in [0.1, 0.15) is 5.75 Å². The summed E-state index contributed by atoms with van der Waals surface area (Å²) in [5, 5.41) is 3.96. The zero-order valence-electron chi connectivity index (χ0n) is 16.0. The molecule has 0 saturated heterocycles. The topological polar surface area (TPSA) is 69.2 Å². The molecule has 6 nitrogen and oxygen atoms in total. The van der Waals surface area contributed by atoms with Crippen molar-refractivity contribution in [3.8, 4) is 17.2 Å². The van der Waals surface area contributed by atoms with Gasteiger partial charge in [-0.25, -0.2) is 5.43 Å². The van der Waals surface area contributed by atoms with Gasteiger partial charge in [-0.15, -0.1) is 0 Å². The van der Waals surface area contributed by atoms with Crippen LogP contribution in [0, 0.1) is 0 Å². The first-order chi connectivity index (χ1) is 13.2. The minimum atomic E-state index is -0.327. The summed E-state index contributed by atoms with van der Waals surface area (Å²) in [5.41, 5.74) is 4.31. The third-order valence-electron chi connectivity index (χ3n) is 3.76. The van der Waals surface area contributed by atoms with Crippen LogP contribution in [0.15, 0.2) is 47.6 Å². The Bertz CT molecular complexity index is 775. The van der Waals surface area contributed by atoms with Crippen molar-refractivity contribution in [3.05, 3.63) is 53.6 Å². The smallest absolute Gasteiger partial charge is 0.277 e. The van der Waals surface area contributed by atoms with Crippen LogP contribution in [0.2, 0.25) is 0 Å². The highest BCUT2D eigenvalue weighted by Crippen LogP contribution is 2.27. The lowest BCUT2D eigenvalue weighted by atomic mass is 10.1. The fourth-order valence-corrected chi connectivity index (χ4v) is 2.39. The second kappa shape index (κ2) is 10.9. The molecule has 0 aliphatic heterocycles. The Hall–Kier alpha value is -3.02. The van der Waals surface area contributed by atoms with Crippen LogP contribution in [0.4, 0.5) is 0 Å². The summed E-state index contributed by atoms with van der Waals surface area (Å²) in [4.78, 5) is 11.9. The van der Waals surface area contributed by atoms with E-state index in [9.17, 15) is 4.79 Å². The lowest BCUT2D eigenvalue weighted by molar-refractivity contribution is -0.123.